The van der Waals surface area contributed by atoms with Gasteiger partial charge in [0, 0.05) is 23.3 Å². The molecule has 11 nitrogen and oxygen atoms in total. The van der Waals surface area contributed by atoms with Crippen molar-refractivity contribution in [1.29, 1.82) is 0 Å². The van der Waals surface area contributed by atoms with E-state index in [1.165, 1.54) is 31.4 Å². The summed E-state index contributed by atoms with van der Waals surface area (Å²) >= 11 is 0. The largest absolute Gasteiger partial charge is 0.504 e. The number of nitro groups is 1. The van der Waals surface area contributed by atoms with Gasteiger partial charge in [0.25, 0.3) is 5.69 Å². The van der Waals surface area contributed by atoms with Crippen LogP contribution in [-0.4, -0.2) is 43.9 Å². The number of aromatic hydroxyl groups is 1. The number of nitrogens with zero attached hydrogens (tertiary/aromatic N) is 1. The Morgan fingerprint density at radius 1 is 0.527 bits per heavy atom. The van der Waals surface area contributed by atoms with Gasteiger partial charge in [-0.15, -0.1) is 0 Å². The number of carbonyl (C=O) groups excluding carboxylic acids is 2. The van der Waals surface area contributed by atoms with E-state index < -0.39 is 4.92 Å². The number of rotatable bonds is 11. The third-order valence-corrected chi connectivity index (χ3v) is 7.05. The normalized spacial score (nSPS) is 9.29. The molecule has 0 aromatic heterocycles. The van der Waals surface area contributed by atoms with Gasteiger partial charge in [0.2, 0.25) is 0 Å². The number of methoxy groups -OCH3 is 3. The highest BCUT2D eigenvalue weighted by Crippen LogP contribution is 2.32. The second-order valence-electron chi connectivity index (χ2n) is 10.6. The smallest absolute Gasteiger partial charge is 0.269 e. The van der Waals surface area contributed by atoms with E-state index in [0.29, 0.717) is 46.2 Å². The molecular weight excluding hydrogens is 702 g/mol. The average molecular weight is 746 g/mol. The summed E-state index contributed by atoms with van der Waals surface area (Å²) in [4.78, 5) is 30.2. The van der Waals surface area contributed by atoms with Gasteiger partial charge in [-0.1, -0.05) is 68.6 Å². The Hall–Kier alpha value is -7.40. The summed E-state index contributed by atoms with van der Waals surface area (Å²) in [6.45, 7) is 3.71. The Morgan fingerprint density at radius 2 is 0.873 bits per heavy atom. The molecule has 0 fully saturated rings. The van der Waals surface area contributed by atoms with E-state index in [1.807, 2.05) is 72.8 Å². The first-order valence-corrected chi connectivity index (χ1v) is 16.2. The van der Waals surface area contributed by atoms with Crippen molar-refractivity contribution in [2.75, 3.05) is 21.3 Å². The molecule has 0 spiro atoms. The van der Waals surface area contributed by atoms with Crippen molar-refractivity contribution < 1.29 is 43.3 Å². The van der Waals surface area contributed by atoms with Crippen LogP contribution in [0.5, 0.6) is 46.0 Å². The van der Waals surface area contributed by atoms with Crippen LogP contribution in [0.1, 0.15) is 33.7 Å². The van der Waals surface area contributed by atoms with E-state index in [2.05, 4.69) is 6.58 Å². The highest BCUT2D eigenvalue weighted by molar-refractivity contribution is 5.75. The highest BCUT2D eigenvalue weighted by Gasteiger charge is 2.05. The Bertz CT molecular complexity index is 1970. The summed E-state index contributed by atoms with van der Waals surface area (Å²) in [6.07, 6.45) is 3.24. The summed E-state index contributed by atoms with van der Waals surface area (Å²) in [5.74, 6) is 4.89. The summed E-state index contributed by atoms with van der Waals surface area (Å²) in [5, 5.41) is 19.1. The van der Waals surface area contributed by atoms with Gasteiger partial charge in [-0.25, -0.2) is 0 Å². The van der Waals surface area contributed by atoms with E-state index >= 15 is 0 Å². The molecule has 0 atom stereocenters. The molecule has 0 aliphatic rings. The molecule has 0 saturated carbocycles. The summed E-state index contributed by atoms with van der Waals surface area (Å²) < 4.78 is 26.6. The van der Waals surface area contributed by atoms with E-state index in [-0.39, 0.29) is 18.9 Å². The molecule has 55 heavy (non-hydrogen) atoms. The lowest BCUT2D eigenvalue weighted by Gasteiger charge is -2.09. The molecular formula is C44H43NO10. The summed E-state index contributed by atoms with van der Waals surface area (Å²) in [5.41, 5.74) is 2.13. The van der Waals surface area contributed by atoms with Crippen LogP contribution in [-0.2, 0) is 0 Å². The van der Waals surface area contributed by atoms with Gasteiger partial charge in [-0.2, -0.15) is 0 Å². The first-order chi connectivity index (χ1) is 26.2. The molecule has 1 N–H and O–H groups in total. The fraction of sp³-hybridized carbons (Fsp3) is 0.0909. The van der Waals surface area contributed by atoms with Crippen LogP contribution in [0, 0.1) is 10.1 Å². The number of ether oxygens (including phenoxy) is 5. The molecule has 0 saturated heterocycles. The minimum Gasteiger partial charge on any atom is -0.504 e. The van der Waals surface area contributed by atoms with Crippen LogP contribution >= 0.6 is 0 Å². The Balaban J connectivity index is 0.000000260. The van der Waals surface area contributed by atoms with Gasteiger partial charge in [-0.05, 0) is 90.5 Å². The fourth-order valence-corrected chi connectivity index (χ4v) is 4.25. The van der Waals surface area contributed by atoms with E-state index in [4.69, 9.17) is 28.8 Å². The van der Waals surface area contributed by atoms with Gasteiger partial charge < -0.3 is 28.8 Å². The predicted octanol–water partition coefficient (Wildman–Crippen LogP) is 10.9. The number of benzene rings is 6. The molecule has 6 aromatic rings. The molecule has 0 aliphatic carbocycles. The van der Waals surface area contributed by atoms with Gasteiger partial charge in [0.1, 0.15) is 24.1 Å². The quantitative estimate of drug-likeness (QED) is 0.0773. The topological polar surface area (TPSA) is 144 Å². The maximum absolute atomic E-state index is 10.5. The van der Waals surface area contributed by atoms with Gasteiger partial charge >= 0.3 is 0 Å². The number of aldehydes is 2. The highest BCUT2D eigenvalue weighted by atomic mass is 16.6. The molecule has 0 amide bonds. The molecule has 0 aliphatic heterocycles. The minimum absolute atomic E-state index is 0. The second-order valence-corrected chi connectivity index (χ2v) is 10.6. The Labute approximate surface area is 320 Å². The van der Waals surface area contributed by atoms with Gasteiger partial charge in [-0.3, -0.25) is 19.7 Å². The van der Waals surface area contributed by atoms with E-state index in [0.717, 1.165) is 23.3 Å². The van der Waals surface area contributed by atoms with Crippen LogP contribution < -0.4 is 23.7 Å². The number of nitro benzene ring substituents is 1. The number of para-hydroxylation sites is 6. The second kappa shape index (κ2) is 24.0. The van der Waals surface area contributed by atoms with Gasteiger partial charge in [0.15, 0.2) is 34.5 Å². The Kier molecular flexibility index (Phi) is 19.1. The van der Waals surface area contributed by atoms with Crippen LogP contribution in [0.15, 0.2) is 152 Å². The third kappa shape index (κ3) is 14.6. The van der Waals surface area contributed by atoms with Crippen LogP contribution in [0.3, 0.4) is 0 Å². The van der Waals surface area contributed by atoms with Crippen molar-refractivity contribution in [1.82, 2.24) is 0 Å². The summed E-state index contributed by atoms with van der Waals surface area (Å²) in [6, 6.07) is 41.8. The number of phenolic OH excluding ortho intramolecular Hbond substituents is 1. The lowest BCUT2D eigenvalue weighted by atomic mass is 10.2. The van der Waals surface area contributed by atoms with Crippen molar-refractivity contribution in [2.45, 2.75) is 7.43 Å². The lowest BCUT2D eigenvalue weighted by molar-refractivity contribution is -0.384. The zero-order valence-electron chi connectivity index (χ0n) is 29.9. The number of non-ortho nitro benzene ring substituents is 1. The molecule has 284 valence electrons. The molecule has 0 heterocycles. The van der Waals surface area contributed by atoms with Crippen molar-refractivity contribution in [3.63, 3.8) is 0 Å². The predicted molar refractivity (Wildman–Crippen MR) is 214 cm³/mol. The summed E-state index contributed by atoms with van der Waals surface area (Å²) in [7, 11) is 4.75. The lowest BCUT2D eigenvalue weighted by Crippen LogP contribution is -1.90. The van der Waals surface area contributed by atoms with E-state index in [1.54, 1.807) is 68.8 Å². The van der Waals surface area contributed by atoms with Crippen molar-refractivity contribution in [2.24, 2.45) is 0 Å². The zero-order valence-corrected chi connectivity index (χ0v) is 29.9. The maximum Gasteiger partial charge on any atom is 0.269 e. The van der Waals surface area contributed by atoms with Crippen LogP contribution in [0.25, 0.3) is 6.08 Å². The standard InChI is InChI=1S/C15H14O2.C14H12O3.C7H5NO3.C7H8O2.CH4/c1-3-12-8-10-13(11-9-12)17-15-7-5-4-6-14(15)16-2;1-16-13-4-2-3-5-14(13)17-12-8-6-11(10-15)7-9-12;9-5-6-1-3-7(4-2-6)8(10)11;1-9-7-5-3-2-4-6(7)8;/h3-11H,1H2,2H3;2-10H,1H3;1-5H;2-5,8H,1H3;1H4. The number of carbonyl (C=O) groups is 2. The van der Waals surface area contributed by atoms with Crippen molar-refractivity contribution >= 4 is 24.3 Å². The molecule has 6 aromatic carbocycles. The number of hydrogen-bond donors (Lipinski definition) is 1. The molecule has 11 heteroatoms. The minimum atomic E-state index is -0.505. The number of phenols is 1. The van der Waals surface area contributed by atoms with Crippen LogP contribution in [0.4, 0.5) is 5.69 Å². The monoisotopic (exact) mass is 745 g/mol. The first kappa shape index (κ1) is 43.8. The fourth-order valence-electron chi connectivity index (χ4n) is 4.25. The van der Waals surface area contributed by atoms with Crippen molar-refractivity contribution in [3.8, 4) is 46.0 Å². The number of hydrogen-bond acceptors (Lipinski definition) is 10. The molecule has 0 unspecified atom stereocenters. The molecule has 0 radical (unpaired) electrons. The molecule has 0 bridgehead atoms. The third-order valence-electron chi connectivity index (χ3n) is 7.05. The maximum atomic E-state index is 10.5. The first-order valence-electron chi connectivity index (χ1n) is 16.2. The van der Waals surface area contributed by atoms with E-state index in [9.17, 15) is 19.7 Å². The average Bonchev–Trinajstić information content (AvgIpc) is 3.22. The van der Waals surface area contributed by atoms with Gasteiger partial charge in [0.05, 0.1) is 26.3 Å². The SMILES string of the molecule is C.C=Cc1ccc(Oc2ccccc2OC)cc1.COc1ccccc1O.COc1ccccc1Oc1ccc(C=O)cc1.O=Cc1ccc([N+](=O)[O-])cc1. The Morgan fingerprint density at radius 3 is 1.20 bits per heavy atom. The zero-order chi connectivity index (χ0) is 39.1. The van der Waals surface area contributed by atoms with Crippen molar-refractivity contribution in [3.05, 3.63) is 179 Å². The molecule has 6 rings (SSSR count). The van der Waals surface area contributed by atoms with Crippen LogP contribution in [0.2, 0.25) is 0 Å².